The molecule has 0 fully saturated rings. The van der Waals surface area contributed by atoms with Crippen LogP contribution in [0.4, 0.5) is 13.2 Å². The molecule has 1 nitrogen and oxygen atoms in total. The maximum Gasteiger partial charge on any atom is 0.398 e. The van der Waals surface area contributed by atoms with E-state index in [9.17, 15) is 13.2 Å². The maximum atomic E-state index is 12.0. The minimum absolute atomic E-state index is 0.0315. The summed E-state index contributed by atoms with van der Waals surface area (Å²) >= 11 is 0.814. The van der Waals surface area contributed by atoms with Crippen LogP contribution in [0.3, 0.4) is 0 Å². The first-order valence-corrected chi connectivity index (χ1v) is 6.68. The average Bonchev–Trinajstić information content (AvgIpc) is 2.23. The van der Waals surface area contributed by atoms with Crippen molar-refractivity contribution in [3.63, 3.8) is 0 Å². The van der Waals surface area contributed by atoms with Crippen LogP contribution in [0, 0.1) is 0 Å². The van der Waals surface area contributed by atoms with Crippen molar-refractivity contribution < 1.29 is 13.2 Å². The normalized spacial score (nSPS) is 12.8. The Balaban J connectivity index is 2.48. The van der Waals surface area contributed by atoms with Crippen LogP contribution in [0.1, 0.15) is 26.3 Å². The van der Waals surface area contributed by atoms with Crippen molar-refractivity contribution in [3.8, 4) is 0 Å². The summed E-state index contributed by atoms with van der Waals surface area (Å²) in [6.45, 7) is 6.93. The lowest BCUT2D eigenvalue weighted by atomic mass is 10.1. The number of halogens is 3. The Hall–Kier alpha value is -0.680. The van der Waals surface area contributed by atoms with Crippen LogP contribution in [0.5, 0.6) is 0 Å². The zero-order valence-electron chi connectivity index (χ0n) is 10.8. The highest BCUT2D eigenvalue weighted by Gasteiger charge is 2.27. The van der Waals surface area contributed by atoms with Crippen molar-refractivity contribution in [2.24, 2.45) is 0 Å². The zero-order valence-corrected chi connectivity index (χ0v) is 11.6. The number of hydrogen-bond acceptors (Lipinski definition) is 2. The van der Waals surface area contributed by atoms with Crippen molar-refractivity contribution in [1.29, 1.82) is 0 Å². The molecule has 0 aliphatic rings. The molecule has 5 heteroatoms. The summed E-state index contributed by atoms with van der Waals surface area (Å²) in [7, 11) is 0. The zero-order chi connectivity index (χ0) is 13.8. The van der Waals surface area contributed by atoms with Gasteiger partial charge in [-0.25, -0.2) is 0 Å². The summed E-state index contributed by atoms with van der Waals surface area (Å²) in [5.41, 5.74) is 1.10. The highest BCUT2D eigenvalue weighted by atomic mass is 32.2. The summed E-state index contributed by atoms with van der Waals surface area (Å²) in [5, 5.41) is 3.33. The number of alkyl halides is 3. The molecule has 0 amide bonds. The fourth-order valence-corrected chi connectivity index (χ4v) is 1.89. The fourth-order valence-electron chi connectivity index (χ4n) is 1.24. The van der Waals surface area contributed by atoms with Crippen molar-refractivity contribution in [1.82, 2.24) is 5.32 Å². The molecule has 1 aromatic rings. The lowest BCUT2D eigenvalue weighted by Crippen LogP contribution is -2.35. The molecule has 1 rings (SSSR count). The van der Waals surface area contributed by atoms with Gasteiger partial charge in [-0.05, 0) is 38.5 Å². The fraction of sp³-hybridized carbons (Fsp3) is 0.538. The number of rotatable bonds is 4. The van der Waals surface area contributed by atoms with Crippen LogP contribution in [-0.4, -0.2) is 17.5 Å². The van der Waals surface area contributed by atoms with Gasteiger partial charge in [0, 0.05) is 17.0 Å². The van der Waals surface area contributed by atoms with Gasteiger partial charge in [0.2, 0.25) is 0 Å². The minimum Gasteiger partial charge on any atom is -0.308 e. The molecule has 1 N–H and O–H groups in total. The van der Waals surface area contributed by atoms with Gasteiger partial charge >= 0.3 is 6.18 Å². The van der Waals surface area contributed by atoms with E-state index in [-0.39, 0.29) is 5.54 Å². The monoisotopic (exact) mass is 277 g/mol. The predicted molar refractivity (Wildman–Crippen MR) is 69.8 cm³/mol. The van der Waals surface area contributed by atoms with Crippen LogP contribution in [0.15, 0.2) is 29.2 Å². The molecule has 0 unspecified atom stereocenters. The molecule has 18 heavy (non-hydrogen) atoms. The Bertz CT molecular complexity index is 328. The molecule has 0 aromatic heterocycles. The van der Waals surface area contributed by atoms with Crippen LogP contribution in [-0.2, 0) is 6.54 Å². The Labute approximate surface area is 110 Å². The summed E-state index contributed by atoms with van der Waals surface area (Å²) < 4.78 is 36.1. The topological polar surface area (TPSA) is 12.0 Å². The highest BCUT2D eigenvalue weighted by Crippen LogP contribution is 2.27. The third-order valence-electron chi connectivity index (χ3n) is 2.15. The second-order valence-corrected chi connectivity index (χ2v) is 6.20. The van der Waals surface area contributed by atoms with E-state index in [4.69, 9.17) is 0 Å². The van der Waals surface area contributed by atoms with E-state index in [1.807, 2.05) is 12.1 Å². The third kappa shape index (κ3) is 6.91. The van der Waals surface area contributed by atoms with E-state index in [1.54, 1.807) is 12.1 Å². The summed E-state index contributed by atoms with van der Waals surface area (Å²) in [4.78, 5) is 0.645. The van der Waals surface area contributed by atoms with E-state index < -0.39 is 11.9 Å². The van der Waals surface area contributed by atoms with E-state index in [2.05, 4.69) is 26.1 Å². The Morgan fingerprint density at radius 3 is 2.06 bits per heavy atom. The Kier molecular flexibility index (Phi) is 5.10. The molecule has 0 saturated heterocycles. The quantitative estimate of drug-likeness (QED) is 0.827. The van der Waals surface area contributed by atoms with E-state index in [0.29, 0.717) is 11.4 Å². The Morgan fingerprint density at radius 2 is 1.61 bits per heavy atom. The number of nitrogens with one attached hydrogen (secondary N) is 1. The van der Waals surface area contributed by atoms with Gasteiger partial charge in [-0.15, -0.1) is 11.8 Å². The van der Waals surface area contributed by atoms with E-state index >= 15 is 0 Å². The molecular weight excluding hydrogens is 259 g/mol. The maximum absolute atomic E-state index is 12.0. The summed E-state index contributed by atoms with van der Waals surface area (Å²) in [6, 6.07) is 7.18. The van der Waals surface area contributed by atoms with Gasteiger partial charge in [0.15, 0.2) is 0 Å². The van der Waals surface area contributed by atoms with Crippen LogP contribution in [0.25, 0.3) is 0 Å². The first-order chi connectivity index (χ1) is 8.16. The molecule has 0 radical (unpaired) electrons. The van der Waals surface area contributed by atoms with Gasteiger partial charge in [-0.2, -0.15) is 13.2 Å². The van der Waals surface area contributed by atoms with Gasteiger partial charge < -0.3 is 5.32 Å². The molecule has 102 valence electrons. The molecule has 1 aromatic carbocycles. The van der Waals surface area contributed by atoms with Crippen LogP contribution >= 0.6 is 11.8 Å². The second kappa shape index (κ2) is 5.97. The molecule has 0 aliphatic carbocycles. The number of thioether (sulfide) groups is 1. The molecule has 0 saturated carbocycles. The molecule has 0 heterocycles. The minimum atomic E-state index is -4.11. The van der Waals surface area contributed by atoms with Crippen LogP contribution in [0.2, 0.25) is 0 Å². The van der Waals surface area contributed by atoms with Gasteiger partial charge in [0.25, 0.3) is 0 Å². The Morgan fingerprint density at radius 1 is 1.06 bits per heavy atom. The smallest absolute Gasteiger partial charge is 0.308 e. The van der Waals surface area contributed by atoms with Crippen molar-refractivity contribution in [2.75, 3.05) is 5.75 Å². The third-order valence-corrected chi connectivity index (χ3v) is 3.23. The first-order valence-electron chi connectivity index (χ1n) is 5.69. The molecule has 0 aliphatic heterocycles. The molecule has 0 bridgehead atoms. The van der Waals surface area contributed by atoms with Gasteiger partial charge in [-0.3, -0.25) is 0 Å². The van der Waals surface area contributed by atoms with Crippen molar-refractivity contribution >= 4 is 11.8 Å². The summed E-state index contributed by atoms with van der Waals surface area (Å²) in [5.74, 6) is -0.841. The van der Waals surface area contributed by atoms with Crippen molar-refractivity contribution in [3.05, 3.63) is 29.8 Å². The van der Waals surface area contributed by atoms with Gasteiger partial charge in [-0.1, -0.05) is 12.1 Å². The van der Waals surface area contributed by atoms with Crippen LogP contribution < -0.4 is 5.32 Å². The van der Waals surface area contributed by atoms with E-state index in [0.717, 1.165) is 17.3 Å². The average molecular weight is 277 g/mol. The highest BCUT2D eigenvalue weighted by molar-refractivity contribution is 7.99. The molecule has 0 atom stereocenters. The number of hydrogen-bond donors (Lipinski definition) is 1. The second-order valence-electron chi connectivity index (χ2n) is 5.15. The molecule has 0 spiro atoms. The standard InChI is InChI=1S/C13H18F3NS/c1-12(2,3)17-8-10-4-6-11(7-5-10)18-9-13(14,15)16/h4-7,17H,8-9H2,1-3H3. The SMILES string of the molecule is CC(C)(C)NCc1ccc(SCC(F)(F)F)cc1. The van der Waals surface area contributed by atoms with Gasteiger partial charge in [0.05, 0.1) is 5.75 Å². The van der Waals surface area contributed by atoms with E-state index in [1.165, 1.54) is 0 Å². The summed E-state index contributed by atoms with van der Waals surface area (Å²) in [6.07, 6.45) is -4.11. The predicted octanol–water partition coefficient (Wildman–Crippen LogP) is 4.23. The van der Waals surface area contributed by atoms with Gasteiger partial charge in [0.1, 0.15) is 0 Å². The first kappa shape index (κ1) is 15.4. The lowest BCUT2D eigenvalue weighted by Gasteiger charge is -2.20. The number of benzene rings is 1. The lowest BCUT2D eigenvalue weighted by molar-refractivity contribution is -0.105. The molecular formula is C13H18F3NS. The largest absolute Gasteiger partial charge is 0.398 e. The van der Waals surface area contributed by atoms with Crippen molar-refractivity contribution in [2.45, 2.75) is 43.9 Å².